The molecule has 0 aromatic heterocycles. The van der Waals surface area contributed by atoms with Gasteiger partial charge >= 0.3 is 0 Å². The maximum absolute atomic E-state index is 10.5. The number of aliphatic hydroxyl groups is 10. The fourth-order valence-corrected chi connectivity index (χ4v) is 1.22. The zero-order valence-corrected chi connectivity index (χ0v) is 12.5. The summed E-state index contributed by atoms with van der Waals surface area (Å²) in [6.07, 6.45) is -12.1. The van der Waals surface area contributed by atoms with Crippen molar-refractivity contribution in [2.24, 2.45) is 0 Å². The minimum Gasteiger partial charge on any atom is -0.394 e. The van der Waals surface area contributed by atoms with Gasteiger partial charge in [0.25, 0.3) is 0 Å². The van der Waals surface area contributed by atoms with Gasteiger partial charge in [-0.15, -0.1) is 0 Å². The molecule has 0 aliphatic rings. The van der Waals surface area contributed by atoms with Crippen molar-refractivity contribution in [3.8, 4) is 0 Å². The number of carbonyl (C=O) groups is 2. The van der Waals surface area contributed by atoms with Gasteiger partial charge in [-0.3, -0.25) is 4.79 Å². The third-order valence-electron chi connectivity index (χ3n) is 2.81. The highest BCUT2D eigenvalue weighted by atomic mass is 16.4. The molecule has 7 atom stereocenters. The van der Waals surface area contributed by atoms with Crippen molar-refractivity contribution < 1.29 is 60.7 Å². The molecule has 24 heavy (non-hydrogen) atoms. The van der Waals surface area contributed by atoms with E-state index in [1.54, 1.807) is 0 Å². The van der Waals surface area contributed by atoms with Gasteiger partial charge in [0, 0.05) is 0 Å². The third-order valence-corrected chi connectivity index (χ3v) is 2.81. The summed E-state index contributed by atoms with van der Waals surface area (Å²) >= 11 is 0. The van der Waals surface area contributed by atoms with Gasteiger partial charge in [-0.2, -0.15) is 0 Å². The van der Waals surface area contributed by atoms with Gasteiger partial charge in [-0.1, -0.05) is 0 Å². The topological polar surface area (TPSA) is 236 Å². The van der Waals surface area contributed by atoms with Crippen LogP contribution in [0.25, 0.3) is 0 Å². The molecular weight excluding hydrogens is 336 g/mol. The number of aliphatic hydroxyl groups excluding tert-OH is 10. The smallest absolute Gasteiger partial charge is 0.189 e. The summed E-state index contributed by atoms with van der Waals surface area (Å²) in [4.78, 5) is 20.4. The first-order valence-corrected chi connectivity index (χ1v) is 6.65. The van der Waals surface area contributed by atoms with Crippen LogP contribution in [0.4, 0.5) is 0 Å². The quantitative estimate of drug-likeness (QED) is 0.164. The standard InChI is InChI=1S/2C6H12O6/c2*7-1-3(9)5(11)6(12)4(10)2-8/h3,5-9,11-12H,1-2H2;1,3-6,8-12H,2H2/t3-,5+,6+;3-,4-,5-,6-/m11/s1. The predicted molar refractivity (Wildman–Crippen MR) is 74.4 cm³/mol. The van der Waals surface area contributed by atoms with E-state index < -0.39 is 68.3 Å². The van der Waals surface area contributed by atoms with E-state index in [9.17, 15) is 9.59 Å². The molecule has 0 aromatic carbocycles. The zero-order valence-electron chi connectivity index (χ0n) is 12.5. The number of aldehydes is 1. The Balaban J connectivity index is 0. The molecule has 0 amide bonds. The normalized spacial score (nSPS) is 19.8. The van der Waals surface area contributed by atoms with Crippen LogP contribution in [0.1, 0.15) is 0 Å². The van der Waals surface area contributed by atoms with Crippen LogP contribution in [0.5, 0.6) is 0 Å². The van der Waals surface area contributed by atoms with Crippen LogP contribution in [0, 0.1) is 0 Å². The maximum atomic E-state index is 10.5. The van der Waals surface area contributed by atoms with E-state index in [1.807, 2.05) is 0 Å². The average Bonchev–Trinajstić information content (AvgIpc) is 2.62. The fraction of sp³-hybridized carbons (Fsp3) is 0.833. The van der Waals surface area contributed by atoms with Crippen LogP contribution in [0.15, 0.2) is 0 Å². The molecule has 12 heteroatoms. The fourth-order valence-electron chi connectivity index (χ4n) is 1.22. The second-order valence-corrected chi connectivity index (χ2v) is 4.67. The summed E-state index contributed by atoms with van der Waals surface area (Å²) in [6.45, 7) is -2.45. The maximum Gasteiger partial charge on any atom is 0.189 e. The molecule has 0 spiro atoms. The van der Waals surface area contributed by atoms with Crippen LogP contribution in [0.3, 0.4) is 0 Å². The molecule has 0 aliphatic carbocycles. The molecule has 0 aliphatic heterocycles. The molecule has 0 fully saturated rings. The number of hydrogen-bond donors (Lipinski definition) is 10. The second-order valence-electron chi connectivity index (χ2n) is 4.67. The van der Waals surface area contributed by atoms with Crippen molar-refractivity contribution >= 4 is 12.1 Å². The van der Waals surface area contributed by atoms with Gasteiger partial charge < -0.3 is 55.9 Å². The molecule has 0 saturated carbocycles. The lowest BCUT2D eigenvalue weighted by molar-refractivity contribution is -0.142. The van der Waals surface area contributed by atoms with Crippen LogP contribution in [-0.4, -0.2) is 126 Å². The van der Waals surface area contributed by atoms with Crippen molar-refractivity contribution in [1.29, 1.82) is 0 Å². The summed E-state index contributed by atoms with van der Waals surface area (Å²) in [7, 11) is 0. The Morgan fingerprint density at radius 3 is 1.50 bits per heavy atom. The van der Waals surface area contributed by atoms with Crippen LogP contribution in [-0.2, 0) is 9.59 Å². The third kappa shape index (κ3) is 8.70. The summed E-state index contributed by atoms with van der Waals surface area (Å²) in [6, 6.07) is 0. The molecule has 10 N–H and O–H groups in total. The highest BCUT2D eigenvalue weighted by molar-refractivity contribution is 5.84. The second kappa shape index (κ2) is 13.3. The Hall–Kier alpha value is -1.06. The first-order chi connectivity index (χ1) is 11.1. The first kappa shape index (κ1) is 25.2. The number of rotatable bonds is 10. The molecule has 0 saturated heterocycles. The van der Waals surface area contributed by atoms with E-state index in [0.717, 1.165) is 0 Å². The van der Waals surface area contributed by atoms with E-state index in [4.69, 9.17) is 51.1 Å². The minimum atomic E-state index is -1.86. The van der Waals surface area contributed by atoms with E-state index in [1.165, 1.54) is 0 Å². The van der Waals surface area contributed by atoms with E-state index in [0.29, 0.717) is 0 Å². The number of carbonyl (C=O) groups excluding carboxylic acids is 2. The molecule has 0 bridgehead atoms. The molecule has 0 aromatic rings. The Morgan fingerprint density at radius 1 is 0.750 bits per heavy atom. The summed E-state index contributed by atoms with van der Waals surface area (Å²) in [5.74, 6) is -1.00. The Labute approximate surface area is 136 Å². The Morgan fingerprint density at radius 2 is 1.17 bits per heavy atom. The van der Waals surface area contributed by atoms with Gasteiger partial charge in [-0.05, 0) is 0 Å². The Bertz CT molecular complexity index is 351. The zero-order chi connectivity index (χ0) is 19.4. The van der Waals surface area contributed by atoms with E-state index in [-0.39, 0.29) is 6.29 Å². The summed E-state index contributed by atoms with van der Waals surface area (Å²) in [5.41, 5.74) is 0. The van der Waals surface area contributed by atoms with Crippen LogP contribution < -0.4 is 0 Å². The van der Waals surface area contributed by atoms with Crippen LogP contribution >= 0.6 is 0 Å². The molecule has 0 radical (unpaired) electrons. The SMILES string of the molecule is O=C(CO)[C@H](O)[C@@H](O)[C@H](O)CO.O=C[C@@H](O)[C@@H](O)[C@H](O)[C@H](O)CO. The lowest BCUT2D eigenvalue weighted by Crippen LogP contribution is -2.46. The summed E-state index contributed by atoms with van der Waals surface area (Å²) in [5, 5.41) is 86.6. The molecule has 12 nitrogen and oxygen atoms in total. The molecule has 144 valence electrons. The van der Waals surface area contributed by atoms with Gasteiger partial charge in [0.15, 0.2) is 12.1 Å². The molecule has 0 heterocycles. The Kier molecular flexibility index (Phi) is 13.9. The summed E-state index contributed by atoms with van der Waals surface area (Å²) < 4.78 is 0. The van der Waals surface area contributed by atoms with E-state index in [2.05, 4.69) is 0 Å². The number of ketones is 1. The molecule has 0 unspecified atom stereocenters. The van der Waals surface area contributed by atoms with E-state index >= 15 is 0 Å². The predicted octanol–water partition coefficient (Wildman–Crippen LogP) is -6.76. The van der Waals surface area contributed by atoms with Crippen molar-refractivity contribution in [2.45, 2.75) is 42.7 Å². The highest BCUT2D eigenvalue weighted by Crippen LogP contribution is 2.03. The van der Waals surface area contributed by atoms with Crippen LogP contribution in [0.2, 0.25) is 0 Å². The van der Waals surface area contributed by atoms with Crippen molar-refractivity contribution in [3.63, 3.8) is 0 Å². The lowest BCUT2D eigenvalue weighted by Gasteiger charge is -2.22. The largest absolute Gasteiger partial charge is 0.394 e. The molecule has 0 rings (SSSR count). The first-order valence-electron chi connectivity index (χ1n) is 6.65. The molecular formula is C12H24O12. The van der Waals surface area contributed by atoms with Gasteiger partial charge in [0.1, 0.15) is 49.3 Å². The number of hydrogen-bond acceptors (Lipinski definition) is 12. The van der Waals surface area contributed by atoms with Crippen molar-refractivity contribution in [3.05, 3.63) is 0 Å². The monoisotopic (exact) mass is 360 g/mol. The van der Waals surface area contributed by atoms with Gasteiger partial charge in [0.2, 0.25) is 0 Å². The minimum absolute atomic E-state index is 0.0258. The lowest BCUT2D eigenvalue weighted by atomic mass is 10.0. The van der Waals surface area contributed by atoms with Crippen molar-refractivity contribution in [2.75, 3.05) is 19.8 Å². The highest BCUT2D eigenvalue weighted by Gasteiger charge is 2.30. The van der Waals surface area contributed by atoms with Gasteiger partial charge in [-0.25, -0.2) is 0 Å². The number of Topliss-reactive ketones (excluding diaryl/α,β-unsaturated/α-hetero) is 1. The van der Waals surface area contributed by atoms with Gasteiger partial charge in [0.05, 0.1) is 13.2 Å². The average molecular weight is 360 g/mol. The van der Waals surface area contributed by atoms with Crippen molar-refractivity contribution in [1.82, 2.24) is 0 Å².